The fourth-order valence-electron chi connectivity index (χ4n) is 4.45. The number of benzene rings is 5. The fourth-order valence-corrected chi connectivity index (χ4v) is 4.45. The van der Waals surface area contributed by atoms with Gasteiger partial charge in [0, 0.05) is 16.8 Å². The third-order valence-corrected chi connectivity index (χ3v) is 6.47. The molecule has 5 aromatic rings. The minimum atomic E-state index is 1.15. The SMILES string of the molecule is Cc1ccc(N(c2ccc(/C=C/c3ccccc3)cc2)c2c(C)c(C)cc3ccccc23)cc1. The number of anilines is 3. The quantitative estimate of drug-likeness (QED) is 0.247. The topological polar surface area (TPSA) is 3.24 Å². The van der Waals surface area contributed by atoms with Gasteiger partial charge in [-0.25, -0.2) is 0 Å². The summed E-state index contributed by atoms with van der Waals surface area (Å²) >= 11 is 0. The summed E-state index contributed by atoms with van der Waals surface area (Å²) in [5.41, 5.74) is 9.80. The highest BCUT2D eigenvalue weighted by atomic mass is 15.1. The number of aryl methyl sites for hydroxylation is 2. The smallest absolute Gasteiger partial charge is 0.0571 e. The number of rotatable bonds is 5. The third-order valence-electron chi connectivity index (χ3n) is 6.47. The van der Waals surface area contributed by atoms with Gasteiger partial charge in [-0.1, -0.05) is 103 Å². The predicted molar refractivity (Wildman–Crippen MR) is 148 cm³/mol. The molecule has 0 aliphatic heterocycles. The third kappa shape index (κ3) is 4.38. The molecule has 0 aromatic heterocycles. The summed E-state index contributed by atoms with van der Waals surface area (Å²) in [6.07, 6.45) is 4.33. The van der Waals surface area contributed by atoms with Crippen LogP contribution in [0, 0.1) is 20.8 Å². The van der Waals surface area contributed by atoms with E-state index in [1.807, 2.05) is 6.07 Å². The van der Waals surface area contributed by atoms with Crippen molar-refractivity contribution in [1.82, 2.24) is 0 Å². The molecular formula is C33H29N. The van der Waals surface area contributed by atoms with E-state index in [1.54, 1.807) is 0 Å². The van der Waals surface area contributed by atoms with Crippen molar-refractivity contribution in [3.05, 3.63) is 137 Å². The van der Waals surface area contributed by atoms with Crippen LogP contribution >= 0.6 is 0 Å². The maximum Gasteiger partial charge on any atom is 0.0571 e. The molecule has 0 aliphatic carbocycles. The van der Waals surface area contributed by atoms with Crippen LogP contribution < -0.4 is 4.90 Å². The van der Waals surface area contributed by atoms with E-state index in [0.717, 1.165) is 11.4 Å². The van der Waals surface area contributed by atoms with Crippen LogP contribution in [0.15, 0.2) is 109 Å². The van der Waals surface area contributed by atoms with E-state index in [2.05, 4.69) is 141 Å². The van der Waals surface area contributed by atoms with Crippen LogP contribution in [-0.4, -0.2) is 0 Å². The van der Waals surface area contributed by atoms with Crippen molar-refractivity contribution >= 4 is 40.0 Å². The molecule has 0 heterocycles. The monoisotopic (exact) mass is 439 g/mol. The summed E-state index contributed by atoms with van der Waals surface area (Å²) in [7, 11) is 0. The number of hydrogen-bond donors (Lipinski definition) is 0. The van der Waals surface area contributed by atoms with E-state index in [4.69, 9.17) is 0 Å². The highest BCUT2D eigenvalue weighted by molar-refractivity contribution is 6.01. The van der Waals surface area contributed by atoms with Gasteiger partial charge in [-0.05, 0) is 72.7 Å². The average molecular weight is 440 g/mol. The first kappa shape index (κ1) is 21.7. The van der Waals surface area contributed by atoms with E-state index in [-0.39, 0.29) is 0 Å². The maximum atomic E-state index is 2.40. The molecule has 0 spiro atoms. The second kappa shape index (κ2) is 9.41. The molecule has 0 saturated carbocycles. The molecule has 0 amide bonds. The van der Waals surface area contributed by atoms with E-state index >= 15 is 0 Å². The average Bonchev–Trinajstić information content (AvgIpc) is 2.87. The molecule has 1 nitrogen and oxygen atoms in total. The first-order valence-electron chi connectivity index (χ1n) is 11.8. The van der Waals surface area contributed by atoms with Crippen LogP contribution in [0.1, 0.15) is 27.8 Å². The molecule has 5 aromatic carbocycles. The molecule has 0 saturated heterocycles. The van der Waals surface area contributed by atoms with E-state index in [9.17, 15) is 0 Å². The van der Waals surface area contributed by atoms with Crippen molar-refractivity contribution in [3.63, 3.8) is 0 Å². The zero-order valence-corrected chi connectivity index (χ0v) is 20.0. The summed E-state index contributed by atoms with van der Waals surface area (Å²) < 4.78 is 0. The highest BCUT2D eigenvalue weighted by Gasteiger charge is 2.18. The summed E-state index contributed by atoms with van der Waals surface area (Å²) in [4.78, 5) is 2.40. The van der Waals surface area contributed by atoms with Gasteiger partial charge in [0.05, 0.1) is 5.69 Å². The lowest BCUT2D eigenvalue weighted by Crippen LogP contribution is -2.12. The van der Waals surface area contributed by atoms with Gasteiger partial charge in [0.2, 0.25) is 0 Å². The molecule has 0 aliphatic rings. The molecule has 0 atom stereocenters. The maximum absolute atomic E-state index is 2.40. The minimum absolute atomic E-state index is 1.15. The Morgan fingerprint density at radius 3 is 1.79 bits per heavy atom. The van der Waals surface area contributed by atoms with Crippen LogP contribution in [0.25, 0.3) is 22.9 Å². The van der Waals surface area contributed by atoms with Gasteiger partial charge in [-0.15, -0.1) is 0 Å². The summed E-state index contributed by atoms with van der Waals surface area (Å²) in [6.45, 7) is 6.57. The molecule has 0 fully saturated rings. The van der Waals surface area contributed by atoms with Gasteiger partial charge in [-0.2, -0.15) is 0 Å². The molecule has 0 N–H and O–H groups in total. The van der Waals surface area contributed by atoms with Crippen molar-refractivity contribution in [2.75, 3.05) is 4.90 Å². The Bertz CT molecular complexity index is 1440. The molecule has 0 unspecified atom stereocenters. The molecule has 0 radical (unpaired) electrons. The zero-order chi connectivity index (χ0) is 23.5. The van der Waals surface area contributed by atoms with Crippen molar-refractivity contribution in [3.8, 4) is 0 Å². The summed E-state index contributed by atoms with van der Waals surface area (Å²) in [6, 6.07) is 39.0. The molecular weight excluding hydrogens is 410 g/mol. The van der Waals surface area contributed by atoms with Gasteiger partial charge < -0.3 is 4.90 Å². The van der Waals surface area contributed by atoms with Gasteiger partial charge in [0.1, 0.15) is 0 Å². The Balaban J connectivity index is 1.63. The van der Waals surface area contributed by atoms with Crippen molar-refractivity contribution in [2.24, 2.45) is 0 Å². The van der Waals surface area contributed by atoms with Gasteiger partial charge >= 0.3 is 0 Å². The Labute approximate surface area is 202 Å². The normalized spacial score (nSPS) is 11.3. The Morgan fingerprint density at radius 1 is 0.559 bits per heavy atom. The lowest BCUT2D eigenvalue weighted by Gasteiger charge is -2.29. The van der Waals surface area contributed by atoms with Crippen LogP contribution in [0.2, 0.25) is 0 Å². The van der Waals surface area contributed by atoms with E-state index in [1.165, 1.54) is 44.3 Å². The van der Waals surface area contributed by atoms with Crippen LogP contribution in [0.4, 0.5) is 17.1 Å². The largest absolute Gasteiger partial charge is 0.310 e. The van der Waals surface area contributed by atoms with E-state index in [0.29, 0.717) is 0 Å². The second-order valence-electron chi connectivity index (χ2n) is 8.89. The standard InChI is InChI=1S/C33H29N/c1-24-13-19-30(20-14-24)34(33-26(3)25(2)23-29-11-7-8-12-32(29)33)31-21-17-28(18-22-31)16-15-27-9-5-4-6-10-27/h4-23H,1-3H3/b16-15+. The van der Waals surface area contributed by atoms with Crippen molar-refractivity contribution in [1.29, 1.82) is 0 Å². The van der Waals surface area contributed by atoms with Crippen LogP contribution in [-0.2, 0) is 0 Å². The van der Waals surface area contributed by atoms with E-state index < -0.39 is 0 Å². The summed E-state index contributed by atoms with van der Waals surface area (Å²) in [5.74, 6) is 0. The second-order valence-corrected chi connectivity index (χ2v) is 8.89. The fraction of sp³-hybridized carbons (Fsp3) is 0.0909. The Kier molecular flexibility index (Phi) is 6.01. The lowest BCUT2D eigenvalue weighted by atomic mass is 9.98. The molecule has 166 valence electrons. The Hall–Kier alpha value is -4.10. The van der Waals surface area contributed by atoms with Crippen LogP contribution in [0.5, 0.6) is 0 Å². The molecule has 1 heteroatoms. The minimum Gasteiger partial charge on any atom is -0.310 e. The molecule has 5 rings (SSSR count). The number of nitrogens with zero attached hydrogens (tertiary/aromatic N) is 1. The van der Waals surface area contributed by atoms with Crippen LogP contribution in [0.3, 0.4) is 0 Å². The van der Waals surface area contributed by atoms with Gasteiger partial charge in [0.15, 0.2) is 0 Å². The van der Waals surface area contributed by atoms with Gasteiger partial charge in [-0.3, -0.25) is 0 Å². The number of hydrogen-bond acceptors (Lipinski definition) is 1. The lowest BCUT2D eigenvalue weighted by molar-refractivity contribution is 1.24. The Morgan fingerprint density at radius 2 is 1.12 bits per heavy atom. The summed E-state index contributed by atoms with van der Waals surface area (Å²) in [5, 5.41) is 2.53. The highest BCUT2D eigenvalue weighted by Crippen LogP contribution is 2.42. The van der Waals surface area contributed by atoms with Crippen molar-refractivity contribution < 1.29 is 0 Å². The first-order valence-corrected chi connectivity index (χ1v) is 11.8. The van der Waals surface area contributed by atoms with Gasteiger partial charge in [0.25, 0.3) is 0 Å². The first-order chi connectivity index (χ1) is 16.6. The zero-order valence-electron chi connectivity index (χ0n) is 20.0. The number of fused-ring (bicyclic) bond motifs is 1. The molecule has 0 bridgehead atoms. The predicted octanol–water partition coefficient (Wildman–Crippen LogP) is 9.41. The van der Waals surface area contributed by atoms with Crippen molar-refractivity contribution in [2.45, 2.75) is 20.8 Å². The molecule has 34 heavy (non-hydrogen) atoms.